The molecule has 2 rings (SSSR count). The van der Waals surface area contributed by atoms with Crippen LogP contribution in [0.5, 0.6) is 0 Å². The van der Waals surface area contributed by atoms with Crippen LogP contribution >= 0.6 is 0 Å². The summed E-state index contributed by atoms with van der Waals surface area (Å²) in [5, 5.41) is 1.97. The predicted molar refractivity (Wildman–Crippen MR) is 41.6 cm³/mol. The lowest BCUT2D eigenvalue weighted by molar-refractivity contribution is 0.653. The topological polar surface area (TPSA) is 40.2 Å². The molecule has 0 bridgehead atoms. The van der Waals surface area contributed by atoms with Crippen LogP contribution in [0.1, 0.15) is 0 Å². The number of hydrogen-bond donors (Lipinski definition) is 2. The molecule has 0 spiro atoms. The number of hydrazine groups is 2. The van der Waals surface area contributed by atoms with Crippen LogP contribution in [-0.4, -0.2) is 18.1 Å². The third-order valence-electron chi connectivity index (χ3n) is 1.56. The highest BCUT2D eigenvalue weighted by Gasteiger charge is 2.10. The van der Waals surface area contributed by atoms with Crippen molar-refractivity contribution >= 4 is 5.69 Å². The van der Waals surface area contributed by atoms with Crippen LogP contribution in [0.2, 0.25) is 0 Å². The SMILES string of the molecule is [c]1ncccc1N1CCNN1. The minimum absolute atomic E-state index is 0.947. The molecule has 2 N–H and O–H groups in total. The van der Waals surface area contributed by atoms with Crippen molar-refractivity contribution in [3.05, 3.63) is 24.5 Å². The molecule has 1 aliphatic rings. The van der Waals surface area contributed by atoms with Crippen LogP contribution in [0, 0.1) is 6.20 Å². The Labute approximate surface area is 65.2 Å². The Balaban J connectivity index is 2.16. The van der Waals surface area contributed by atoms with Crippen molar-refractivity contribution < 1.29 is 0 Å². The lowest BCUT2D eigenvalue weighted by Crippen LogP contribution is -2.35. The predicted octanol–water partition coefficient (Wildman–Crippen LogP) is -0.289. The summed E-state index contributed by atoms with van der Waals surface area (Å²) in [6.45, 7) is 1.89. The quantitative estimate of drug-likeness (QED) is 0.575. The molecule has 1 aliphatic heterocycles. The Morgan fingerprint density at radius 2 is 2.64 bits per heavy atom. The van der Waals surface area contributed by atoms with Crippen LogP contribution in [0.15, 0.2) is 18.3 Å². The van der Waals surface area contributed by atoms with Crippen LogP contribution in [0.3, 0.4) is 0 Å². The van der Waals surface area contributed by atoms with E-state index in [2.05, 4.69) is 22.1 Å². The average molecular weight is 149 g/mol. The molecule has 0 amide bonds. The Morgan fingerprint density at radius 3 is 3.27 bits per heavy atom. The Morgan fingerprint density at radius 1 is 1.64 bits per heavy atom. The van der Waals surface area contributed by atoms with Gasteiger partial charge in [-0.2, -0.15) is 5.53 Å². The largest absolute Gasteiger partial charge is 0.291 e. The standard InChI is InChI=1S/C7H9N4/c1-2-7(6-8-3-1)11-5-4-9-10-11/h1-3,9-10H,4-5H2. The monoisotopic (exact) mass is 149 g/mol. The minimum Gasteiger partial charge on any atom is -0.291 e. The van der Waals surface area contributed by atoms with E-state index < -0.39 is 0 Å². The molecule has 1 radical (unpaired) electrons. The number of rotatable bonds is 1. The van der Waals surface area contributed by atoms with Crippen molar-refractivity contribution in [3.63, 3.8) is 0 Å². The number of nitrogens with zero attached hydrogens (tertiary/aromatic N) is 2. The van der Waals surface area contributed by atoms with Gasteiger partial charge in [0, 0.05) is 19.3 Å². The van der Waals surface area contributed by atoms with E-state index >= 15 is 0 Å². The molecular weight excluding hydrogens is 140 g/mol. The summed E-state index contributed by atoms with van der Waals surface area (Å²) in [6, 6.07) is 3.86. The smallest absolute Gasteiger partial charge is 0.115 e. The number of nitrogens with one attached hydrogen (secondary N) is 2. The number of anilines is 1. The molecule has 2 heterocycles. The van der Waals surface area contributed by atoms with Gasteiger partial charge >= 0.3 is 0 Å². The second-order valence-electron chi connectivity index (χ2n) is 2.32. The maximum absolute atomic E-state index is 3.89. The van der Waals surface area contributed by atoms with Gasteiger partial charge in [-0.05, 0) is 12.1 Å². The van der Waals surface area contributed by atoms with E-state index in [1.54, 1.807) is 6.20 Å². The van der Waals surface area contributed by atoms with Gasteiger partial charge in [0.2, 0.25) is 0 Å². The summed E-state index contributed by atoms with van der Waals surface area (Å²) in [6.07, 6.45) is 4.60. The molecule has 4 heteroatoms. The first-order chi connectivity index (χ1) is 5.47. The summed E-state index contributed by atoms with van der Waals surface area (Å²) in [7, 11) is 0. The molecule has 1 aromatic rings. The molecule has 57 valence electrons. The summed E-state index contributed by atoms with van der Waals surface area (Å²) >= 11 is 0. The third-order valence-corrected chi connectivity index (χ3v) is 1.56. The van der Waals surface area contributed by atoms with E-state index in [9.17, 15) is 0 Å². The van der Waals surface area contributed by atoms with Crippen molar-refractivity contribution in [3.8, 4) is 0 Å². The first kappa shape index (κ1) is 6.57. The van der Waals surface area contributed by atoms with Crippen LogP contribution in [0.4, 0.5) is 5.69 Å². The molecule has 1 fully saturated rings. The zero-order chi connectivity index (χ0) is 7.52. The highest BCUT2D eigenvalue weighted by Crippen LogP contribution is 2.08. The number of pyridine rings is 1. The zero-order valence-electron chi connectivity index (χ0n) is 6.04. The molecule has 0 aromatic carbocycles. The van der Waals surface area contributed by atoms with Crippen molar-refractivity contribution in [2.45, 2.75) is 0 Å². The maximum Gasteiger partial charge on any atom is 0.115 e. The fourth-order valence-electron chi connectivity index (χ4n) is 1.02. The van der Waals surface area contributed by atoms with E-state index in [-0.39, 0.29) is 0 Å². The minimum atomic E-state index is 0.947. The molecule has 1 saturated heterocycles. The van der Waals surface area contributed by atoms with E-state index in [1.807, 2.05) is 17.1 Å². The van der Waals surface area contributed by atoms with Gasteiger partial charge in [-0.15, -0.1) is 0 Å². The maximum atomic E-state index is 3.89. The van der Waals surface area contributed by atoms with E-state index in [4.69, 9.17) is 0 Å². The average Bonchev–Trinajstić information content (AvgIpc) is 2.58. The molecule has 0 aliphatic carbocycles. The number of hydrogen-bond acceptors (Lipinski definition) is 4. The molecule has 1 aromatic heterocycles. The summed E-state index contributed by atoms with van der Waals surface area (Å²) in [5.74, 6) is 0. The fourth-order valence-corrected chi connectivity index (χ4v) is 1.02. The van der Waals surface area contributed by atoms with Gasteiger partial charge in [-0.25, -0.2) is 5.43 Å². The van der Waals surface area contributed by atoms with Crippen molar-refractivity contribution in [2.75, 3.05) is 18.1 Å². The van der Waals surface area contributed by atoms with Gasteiger partial charge in [0.25, 0.3) is 0 Å². The van der Waals surface area contributed by atoms with Crippen molar-refractivity contribution in [2.24, 2.45) is 0 Å². The van der Waals surface area contributed by atoms with Crippen molar-refractivity contribution in [1.82, 2.24) is 15.9 Å². The first-order valence-corrected chi connectivity index (χ1v) is 3.55. The summed E-state index contributed by atoms with van der Waals surface area (Å²) in [5.41, 5.74) is 6.95. The second kappa shape index (κ2) is 2.86. The van der Waals surface area contributed by atoms with Crippen molar-refractivity contribution in [1.29, 1.82) is 0 Å². The molecule has 0 unspecified atom stereocenters. The summed E-state index contributed by atoms with van der Waals surface area (Å²) < 4.78 is 0. The number of aromatic nitrogens is 1. The van der Waals surface area contributed by atoms with Gasteiger partial charge in [0.1, 0.15) is 6.20 Å². The van der Waals surface area contributed by atoms with Gasteiger partial charge in [0.05, 0.1) is 5.69 Å². The molecule has 0 saturated carbocycles. The Hall–Kier alpha value is -1.13. The Kier molecular flexibility index (Phi) is 1.71. The second-order valence-corrected chi connectivity index (χ2v) is 2.32. The van der Waals surface area contributed by atoms with E-state index in [0.29, 0.717) is 0 Å². The third kappa shape index (κ3) is 1.31. The Bertz CT molecular complexity index is 217. The van der Waals surface area contributed by atoms with Gasteiger partial charge in [-0.3, -0.25) is 9.99 Å². The first-order valence-electron chi connectivity index (χ1n) is 3.55. The van der Waals surface area contributed by atoms with Gasteiger partial charge < -0.3 is 0 Å². The van der Waals surface area contributed by atoms with Crippen LogP contribution < -0.4 is 16.0 Å². The normalized spacial score (nSPS) is 17.3. The highest BCUT2D eigenvalue weighted by molar-refractivity contribution is 5.41. The lowest BCUT2D eigenvalue weighted by atomic mass is 10.4. The van der Waals surface area contributed by atoms with Gasteiger partial charge in [0.15, 0.2) is 0 Å². The van der Waals surface area contributed by atoms with Crippen LogP contribution in [0.25, 0.3) is 0 Å². The van der Waals surface area contributed by atoms with E-state index in [1.165, 1.54) is 0 Å². The highest BCUT2D eigenvalue weighted by atomic mass is 15.7. The van der Waals surface area contributed by atoms with Crippen LogP contribution in [-0.2, 0) is 0 Å². The molecule has 4 nitrogen and oxygen atoms in total. The molecule has 0 atom stereocenters. The molecule has 11 heavy (non-hydrogen) atoms. The lowest BCUT2D eigenvalue weighted by Gasteiger charge is -2.14. The van der Waals surface area contributed by atoms with E-state index in [0.717, 1.165) is 18.8 Å². The molecular formula is C7H9N4. The zero-order valence-corrected chi connectivity index (χ0v) is 6.04. The van der Waals surface area contributed by atoms with Gasteiger partial charge in [-0.1, -0.05) is 0 Å². The summed E-state index contributed by atoms with van der Waals surface area (Å²) in [4.78, 5) is 3.89. The fraction of sp³-hybridized carbons (Fsp3) is 0.286.